The fraction of sp³-hybridized carbons (Fsp3) is 0.533. The minimum atomic E-state index is 0.329. The molecule has 86 valence electrons. The molecule has 0 heterocycles. The van der Waals surface area contributed by atoms with Crippen molar-refractivity contribution in [3.8, 4) is 6.07 Å². The van der Waals surface area contributed by atoms with Crippen LogP contribution in [-0.2, 0) is 0 Å². The molecule has 1 unspecified atom stereocenters. The second kappa shape index (κ2) is 5.16. The van der Waals surface area contributed by atoms with Crippen LogP contribution in [0.5, 0.6) is 0 Å². The predicted molar refractivity (Wildman–Crippen MR) is 68.8 cm³/mol. The average Bonchev–Trinajstić information content (AvgIpc) is 2.49. The fourth-order valence-corrected chi connectivity index (χ4v) is 2.15. The highest BCUT2D eigenvalue weighted by molar-refractivity contribution is 5.23. The van der Waals surface area contributed by atoms with Crippen LogP contribution in [0.1, 0.15) is 40.5 Å². The zero-order valence-electron chi connectivity index (χ0n) is 10.7. The van der Waals surface area contributed by atoms with Gasteiger partial charge in [0.05, 0.1) is 6.07 Å². The molecule has 0 bridgehead atoms. The third-order valence-electron chi connectivity index (χ3n) is 3.89. The summed E-state index contributed by atoms with van der Waals surface area (Å²) in [6.07, 6.45) is 10.3. The first-order chi connectivity index (χ1) is 7.48. The quantitative estimate of drug-likeness (QED) is 0.389. The predicted octanol–water partition coefficient (Wildman–Crippen LogP) is 4.39. The minimum absolute atomic E-state index is 0.329. The van der Waals surface area contributed by atoms with Gasteiger partial charge in [0, 0.05) is 6.08 Å². The summed E-state index contributed by atoms with van der Waals surface area (Å²) in [6.45, 7) is 8.93. The molecule has 0 aliphatic heterocycles. The minimum Gasteiger partial charge on any atom is -0.193 e. The summed E-state index contributed by atoms with van der Waals surface area (Å²) in [5.41, 5.74) is 3.02. The summed E-state index contributed by atoms with van der Waals surface area (Å²) in [4.78, 5) is 0. The van der Waals surface area contributed by atoms with Crippen molar-refractivity contribution in [3.05, 3.63) is 35.5 Å². The van der Waals surface area contributed by atoms with Gasteiger partial charge in [0.1, 0.15) is 0 Å². The van der Waals surface area contributed by atoms with E-state index in [9.17, 15) is 0 Å². The topological polar surface area (TPSA) is 23.8 Å². The van der Waals surface area contributed by atoms with Crippen molar-refractivity contribution in [2.24, 2.45) is 11.3 Å². The third kappa shape index (κ3) is 2.85. The summed E-state index contributed by atoms with van der Waals surface area (Å²) >= 11 is 0. The van der Waals surface area contributed by atoms with Gasteiger partial charge in [-0.05, 0) is 44.1 Å². The van der Waals surface area contributed by atoms with Gasteiger partial charge in [-0.2, -0.15) is 5.26 Å². The molecular weight excluding hydrogens is 194 g/mol. The Kier molecular flexibility index (Phi) is 4.12. The maximum Gasteiger partial charge on any atom is 0.0912 e. The average molecular weight is 215 g/mol. The molecule has 0 N–H and O–H groups in total. The first-order valence-electron chi connectivity index (χ1n) is 5.88. The van der Waals surface area contributed by atoms with E-state index in [2.05, 4.69) is 39.8 Å². The number of nitrogens with zero attached hydrogens (tertiary/aromatic N) is 1. The fourth-order valence-electron chi connectivity index (χ4n) is 2.15. The lowest BCUT2D eigenvalue weighted by atomic mass is 9.76. The molecule has 0 spiro atoms. The van der Waals surface area contributed by atoms with E-state index in [0.29, 0.717) is 11.3 Å². The van der Waals surface area contributed by atoms with Gasteiger partial charge >= 0.3 is 0 Å². The summed E-state index contributed by atoms with van der Waals surface area (Å²) in [5, 5.41) is 8.44. The largest absolute Gasteiger partial charge is 0.193 e. The van der Waals surface area contributed by atoms with Crippen LogP contribution in [-0.4, -0.2) is 0 Å². The highest BCUT2D eigenvalue weighted by Crippen LogP contribution is 2.44. The monoisotopic (exact) mass is 215 g/mol. The van der Waals surface area contributed by atoms with E-state index in [1.165, 1.54) is 23.6 Å². The van der Waals surface area contributed by atoms with Gasteiger partial charge in [-0.3, -0.25) is 0 Å². The third-order valence-corrected chi connectivity index (χ3v) is 3.89. The van der Waals surface area contributed by atoms with Crippen LogP contribution < -0.4 is 0 Å². The van der Waals surface area contributed by atoms with E-state index in [4.69, 9.17) is 5.26 Å². The Morgan fingerprint density at radius 1 is 1.62 bits per heavy atom. The SMILES string of the molecule is CC(C=CC#N)=CCC1CC=C(C)C1(C)C. The van der Waals surface area contributed by atoms with Crippen LogP contribution in [0.2, 0.25) is 0 Å². The summed E-state index contributed by atoms with van der Waals surface area (Å²) in [5.74, 6) is 0.706. The van der Waals surface area contributed by atoms with Crippen molar-refractivity contribution in [1.82, 2.24) is 0 Å². The van der Waals surface area contributed by atoms with Gasteiger partial charge < -0.3 is 0 Å². The Balaban J connectivity index is 2.59. The Labute approximate surface area is 99.2 Å². The Bertz CT molecular complexity index is 375. The molecule has 1 rings (SSSR count). The molecule has 0 radical (unpaired) electrons. The van der Waals surface area contributed by atoms with Crippen LogP contribution in [0.4, 0.5) is 0 Å². The highest BCUT2D eigenvalue weighted by Gasteiger charge is 2.33. The zero-order valence-corrected chi connectivity index (χ0v) is 10.7. The molecule has 1 aliphatic rings. The molecule has 0 aromatic rings. The van der Waals surface area contributed by atoms with E-state index in [1.54, 1.807) is 0 Å². The molecule has 0 aromatic heterocycles. The van der Waals surface area contributed by atoms with E-state index in [-0.39, 0.29) is 0 Å². The maximum absolute atomic E-state index is 8.44. The first kappa shape index (κ1) is 12.8. The molecule has 0 amide bonds. The number of hydrogen-bond acceptors (Lipinski definition) is 1. The Morgan fingerprint density at radius 2 is 2.31 bits per heavy atom. The van der Waals surface area contributed by atoms with Crippen molar-refractivity contribution in [1.29, 1.82) is 5.26 Å². The van der Waals surface area contributed by atoms with Gasteiger partial charge in [0.2, 0.25) is 0 Å². The second-order valence-corrected chi connectivity index (χ2v) is 5.19. The maximum atomic E-state index is 8.44. The molecule has 0 fully saturated rings. The van der Waals surface area contributed by atoms with E-state index in [1.807, 2.05) is 12.1 Å². The molecule has 1 atom stereocenters. The van der Waals surface area contributed by atoms with Gasteiger partial charge in [-0.1, -0.05) is 37.1 Å². The Hall–Kier alpha value is -1.29. The lowest BCUT2D eigenvalue weighted by Crippen LogP contribution is -2.19. The van der Waals surface area contributed by atoms with Crippen molar-refractivity contribution in [2.45, 2.75) is 40.5 Å². The highest BCUT2D eigenvalue weighted by atomic mass is 14.4. The van der Waals surface area contributed by atoms with Crippen molar-refractivity contribution in [3.63, 3.8) is 0 Å². The normalized spacial score (nSPS) is 24.6. The molecular formula is C15H21N. The van der Waals surface area contributed by atoms with Gasteiger partial charge in [-0.15, -0.1) is 0 Å². The summed E-state index contributed by atoms with van der Waals surface area (Å²) in [6, 6.07) is 2.02. The standard InChI is InChI=1S/C15H21N/c1-12(6-5-11-16)7-9-14-10-8-13(2)15(14,3)4/h5-8,14H,9-10H2,1-4H3. The van der Waals surface area contributed by atoms with Crippen molar-refractivity contribution < 1.29 is 0 Å². The molecule has 0 aromatic carbocycles. The van der Waals surface area contributed by atoms with Crippen LogP contribution in [0.3, 0.4) is 0 Å². The summed E-state index contributed by atoms with van der Waals surface area (Å²) in [7, 11) is 0. The molecule has 16 heavy (non-hydrogen) atoms. The molecule has 0 saturated carbocycles. The molecule has 1 nitrogen and oxygen atoms in total. The van der Waals surface area contributed by atoms with E-state index < -0.39 is 0 Å². The van der Waals surface area contributed by atoms with E-state index >= 15 is 0 Å². The van der Waals surface area contributed by atoms with Crippen LogP contribution >= 0.6 is 0 Å². The lowest BCUT2D eigenvalue weighted by Gasteiger charge is -2.29. The van der Waals surface area contributed by atoms with Crippen LogP contribution in [0, 0.1) is 22.7 Å². The van der Waals surface area contributed by atoms with Gasteiger partial charge in [0.15, 0.2) is 0 Å². The second-order valence-electron chi connectivity index (χ2n) is 5.19. The molecule has 1 aliphatic carbocycles. The van der Waals surface area contributed by atoms with Crippen molar-refractivity contribution in [2.75, 3.05) is 0 Å². The molecule has 0 saturated heterocycles. The van der Waals surface area contributed by atoms with Gasteiger partial charge in [-0.25, -0.2) is 0 Å². The van der Waals surface area contributed by atoms with E-state index in [0.717, 1.165) is 6.42 Å². The number of rotatable bonds is 3. The van der Waals surface area contributed by atoms with Crippen molar-refractivity contribution >= 4 is 0 Å². The summed E-state index contributed by atoms with van der Waals surface area (Å²) < 4.78 is 0. The zero-order chi connectivity index (χ0) is 12.2. The number of allylic oxidation sites excluding steroid dienone is 6. The van der Waals surface area contributed by atoms with Crippen LogP contribution in [0.15, 0.2) is 35.5 Å². The smallest absolute Gasteiger partial charge is 0.0912 e. The number of hydrogen-bond donors (Lipinski definition) is 0. The first-order valence-corrected chi connectivity index (χ1v) is 5.88. The van der Waals surface area contributed by atoms with Gasteiger partial charge in [0.25, 0.3) is 0 Å². The lowest BCUT2D eigenvalue weighted by molar-refractivity contribution is 0.294. The molecule has 1 heteroatoms. The Morgan fingerprint density at radius 3 is 2.81 bits per heavy atom. The van der Waals surface area contributed by atoms with Crippen LogP contribution in [0.25, 0.3) is 0 Å². The number of nitriles is 1.